The van der Waals surface area contributed by atoms with Gasteiger partial charge in [0.1, 0.15) is 6.33 Å². The molecular weight excluding hydrogens is 294 g/mol. The molecule has 0 radical (unpaired) electrons. The van der Waals surface area contributed by atoms with Crippen molar-refractivity contribution in [3.63, 3.8) is 0 Å². The lowest BCUT2D eigenvalue weighted by atomic mass is 10.4. The van der Waals surface area contributed by atoms with Gasteiger partial charge < -0.3 is 4.42 Å². The summed E-state index contributed by atoms with van der Waals surface area (Å²) in [5, 5.41) is 9.94. The smallest absolute Gasteiger partial charge is 0.336 e. The number of carbonyl (C=O) groups excluding carboxylic acids is 1. The Labute approximate surface area is 120 Å². The van der Waals surface area contributed by atoms with Crippen LogP contribution in [0.2, 0.25) is 0 Å². The van der Waals surface area contributed by atoms with E-state index in [1.165, 1.54) is 0 Å². The number of aromatic nitrogens is 6. The second-order valence-electron chi connectivity index (χ2n) is 4.87. The zero-order valence-corrected chi connectivity index (χ0v) is 11.0. The molecule has 0 aromatic carbocycles. The quantitative estimate of drug-likeness (QED) is 0.590. The first-order valence-corrected chi connectivity index (χ1v) is 6.46. The topological polar surface area (TPSA) is 152 Å². The van der Waals surface area contributed by atoms with Crippen LogP contribution in [-0.4, -0.2) is 35.7 Å². The number of amides is 1. The molecule has 112 valence electrons. The van der Waals surface area contributed by atoms with Gasteiger partial charge in [-0.15, -0.1) is 5.10 Å². The van der Waals surface area contributed by atoms with Gasteiger partial charge in [0.2, 0.25) is 5.89 Å². The first kappa shape index (κ1) is 12.5. The molecule has 3 heterocycles. The van der Waals surface area contributed by atoms with Crippen LogP contribution in [0, 0.1) is 0 Å². The number of carbonyl (C=O) groups is 1. The molecule has 1 amide bonds. The first-order chi connectivity index (χ1) is 10.6. The number of hydrogen-bond donors (Lipinski definition) is 3. The van der Waals surface area contributed by atoms with Crippen LogP contribution in [0.3, 0.4) is 0 Å². The minimum Gasteiger partial charge on any atom is -0.408 e. The first-order valence-electron chi connectivity index (χ1n) is 6.46. The number of hydrogen-bond acceptors (Lipinski definition) is 7. The fourth-order valence-electron chi connectivity index (χ4n) is 2.02. The van der Waals surface area contributed by atoms with Gasteiger partial charge >= 0.3 is 17.7 Å². The molecule has 1 aliphatic carbocycles. The molecule has 3 aromatic rings. The number of anilines is 1. The zero-order chi connectivity index (χ0) is 15.3. The highest BCUT2D eigenvalue weighted by atomic mass is 16.4. The summed E-state index contributed by atoms with van der Waals surface area (Å²) in [5.41, 5.74) is -1.49. The second-order valence-corrected chi connectivity index (χ2v) is 4.87. The van der Waals surface area contributed by atoms with Crippen molar-refractivity contribution < 1.29 is 9.21 Å². The summed E-state index contributed by atoms with van der Waals surface area (Å²) in [7, 11) is 0. The maximum absolute atomic E-state index is 12.2. The number of nitrogens with zero attached hydrogens (tertiary/aromatic N) is 4. The average molecular weight is 303 g/mol. The Balaban J connectivity index is 1.67. The van der Waals surface area contributed by atoms with E-state index < -0.39 is 17.3 Å². The summed E-state index contributed by atoms with van der Waals surface area (Å²) < 4.78 is 6.29. The lowest BCUT2D eigenvalue weighted by molar-refractivity contribution is 0.253. The van der Waals surface area contributed by atoms with Crippen molar-refractivity contribution in [1.29, 1.82) is 0 Å². The summed E-state index contributed by atoms with van der Waals surface area (Å²) in [4.78, 5) is 43.2. The van der Waals surface area contributed by atoms with Crippen LogP contribution < -0.4 is 16.6 Å². The van der Waals surface area contributed by atoms with Gasteiger partial charge in [0.25, 0.3) is 5.56 Å². The highest BCUT2D eigenvalue weighted by Gasteiger charge is 2.29. The van der Waals surface area contributed by atoms with Crippen LogP contribution >= 0.6 is 0 Å². The minimum absolute atomic E-state index is 0.0202. The van der Waals surface area contributed by atoms with Gasteiger partial charge in [0.15, 0.2) is 11.2 Å². The van der Waals surface area contributed by atoms with Gasteiger partial charge in [-0.1, -0.05) is 5.10 Å². The van der Waals surface area contributed by atoms with E-state index in [-0.39, 0.29) is 23.1 Å². The molecule has 1 aliphatic rings. The molecule has 0 aliphatic heterocycles. The Hall–Kier alpha value is -3.24. The van der Waals surface area contributed by atoms with E-state index in [1.54, 1.807) is 0 Å². The van der Waals surface area contributed by atoms with E-state index in [9.17, 15) is 14.4 Å². The zero-order valence-electron chi connectivity index (χ0n) is 11.0. The van der Waals surface area contributed by atoms with E-state index in [1.807, 2.05) is 4.98 Å². The molecule has 0 atom stereocenters. The number of H-pyrrole nitrogens is 2. The third kappa shape index (κ3) is 1.99. The second kappa shape index (κ2) is 4.38. The number of rotatable bonds is 2. The summed E-state index contributed by atoms with van der Waals surface area (Å²) in [6.07, 6.45) is 3.10. The average Bonchev–Trinajstić information content (AvgIpc) is 3.06. The molecule has 0 spiro atoms. The maximum atomic E-state index is 12.2. The third-order valence-corrected chi connectivity index (χ3v) is 3.24. The molecule has 1 saturated carbocycles. The fraction of sp³-hybridized carbons (Fsp3) is 0.273. The van der Waals surface area contributed by atoms with E-state index in [4.69, 9.17) is 4.42 Å². The summed E-state index contributed by atoms with van der Waals surface area (Å²) in [5.74, 6) is 0.748. The Morgan fingerprint density at radius 3 is 2.91 bits per heavy atom. The number of nitrogens with one attached hydrogen (secondary N) is 3. The van der Waals surface area contributed by atoms with E-state index >= 15 is 0 Å². The predicted molar refractivity (Wildman–Crippen MR) is 71.7 cm³/mol. The monoisotopic (exact) mass is 303 g/mol. The largest absolute Gasteiger partial charge is 0.408 e. The standard InChI is InChI=1S/C11H9N7O4/c19-7-5-6(13-9(20)14-7)18(3-12-5)11(21)15-10-17-16-8(22-10)4-1-2-4/h3-4H,1-2H2,(H,15,17,21)(H2,13,14,19,20). The van der Waals surface area contributed by atoms with Gasteiger partial charge in [0, 0.05) is 5.92 Å². The number of aromatic amines is 2. The van der Waals surface area contributed by atoms with Gasteiger partial charge in [-0.05, 0) is 12.8 Å². The van der Waals surface area contributed by atoms with Crippen LogP contribution in [0.25, 0.3) is 11.2 Å². The van der Waals surface area contributed by atoms with Gasteiger partial charge in [-0.25, -0.2) is 19.1 Å². The van der Waals surface area contributed by atoms with Crippen molar-refractivity contribution >= 4 is 23.2 Å². The SMILES string of the molecule is O=C(Nc1nnc(C2CC2)o1)n1cnc2c(=O)[nH]c(=O)[nH]c21. The molecule has 3 N–H and O–H groups in total. The summed E-state index contributed by atoms with van der Waals surface area (Å²) in [6.45, 7) is 0. The molecule has 1 fully saturated rings. The van der Waals surface area contributed by atoms with Crippen molar-refractivity contribution in [3.05, 3.63) is 33.1 Å². The van der Waals surface area contributed by atoms with E-state index in [2.05, 4.69) is 25.5 Å². The van der Waals surface area contributed by atoms with Gasteiger partial charge in [-0.2, -0.15) is 0 Å². The third-order valence-electron chi connectivity index (χ3n) is 3.24. The molecule has 0 saturated heterocycles. The summed E-state index contributed by atoms with van der Waals surface area (Å²) >= 11 is 0. The van der Waals surface area contributed by atoms with Crippen LogP contribution in [0.15, 0.2) is 20.3 Å². The van der Waals surface area contributed by atoms with Crippen LogP contribution in [0.1, 0.15) is 24.7 Å². The van der Waals surface area contributed by atoms with Crippen LogP contribution in [-0.2, 0) is 0 Å². The van der Waals surface area contributed by atoms with Crippen molar-refractivity contribution in [3.8, 4) is 0 Å². The van der Waals surface area contributed by atoms with E-state index in [0.29, 0.717) is 5.89 Å². The van der Waals surface area contributed by atoms with Crippen molar-refractivity contribution in [2.24, 2.45) is 0 Å². The minimum atomic E-state index is -0.735. The molecule has 11 heteroatoms. The molecular formula is C11H9N7O4. The van der Waals surface area contributed by atoms with E-state index in [0.717, 1.165) is 23.7 Å². The Morgan fingerprint density at radius 1 is 1.32 bits per heavy atom. The summed E-state index contributed by atoms with van der Waals surface area (Å²) in [6, 6.07) is -0.740. The lowest BCUT2D eigenvalue weighted by Gasteiger charge is -2.01. The van der Waals surface area contributed by atoms with Gasteiger partial charge in [0.05, 0.1) is 0 Å². The van der Waals surface area contributed by atoms with Crippen molar-refractivity contribution in [2.45, 2.75) is 18.8 Å². The molecule has 0 unspecified atom stereocenters. The van der Waals surface area contributed by atoms with Crippen molar-refractivity contribution in [2.75, 3.05) is 5.32 Å². The highest BCUT2D eigenvalue weighted by Crippen LogP contribution is 2.39. The van der Waals surface area contributed by atoms with Crippen LogP contribution in [0.4, 0.5) is 10.8 Å². The molecule has 3 aromatic heterocycles. The normalized spacial score (nSPS) is 14.4. The predicted octanol–water partition coefficient (Wildman–Crippen LogP) is -0.247. The molecule has 0 bridgehead atoms. The number of imidazole rings is 1. The Bertz CT molecular complexity index is 990. The van der Waals surface area contributed by atoms with Crippen LogP contribution in [0.5, 0.6) is 0 Å². The number of fused-ring (bicyclic) bond motifs is 1. The highest BCUT2D eigenvalue weighted by molar-refractivity contribution is 5.94. The molecule has 4 rings (SSSR count). The molecule has 11 nitrogen and oxygen atoms in total. The van der Waals surface area contributed by atoms with Gasteiger partial charge in [-0.3, -0.25) is 20.1 Å². The fourth-order valence-corrected chi connectivity index (χ4v) is 2.02. The molecule has 22 heavy (non-hydrogen) atoms. The van der Waals surface area contributed by atoms with Crippen molar-refractivity contribution in [1.82, 2.24) is 29.7 Å². The Kier molecular flexibility index (Phi) is 2.49. The Morgan fingerprint density at radius 2 is 2.14 bits per heavy atom. The lowest BCUT2D eigenvalue weighted by Crippen LogP contribution is -2.25. The maximum Gasteiger partial charge on any atom is 0.336 e.